The van der Waals surface area contributed by atoms with Crippen LogP contribution in [0.3, 0.4) is 0 Å². The molecular weight excluding hydrogens is 308 g/mol. The molecule has 0 aliphatic carbocycles. The van der Waals surface area contributed by atoms with Crippen molar-refractivity contribution in [2.75, 3.05) is 13.2 Å². The Morgan fingerprint density at radius 3 is 2.92 bits per heavy atom. The molecule has 2 bridgehead atoms. The summed E-state index contributed by atoms with van der Waals surface area (Å²) in [4.78, 5) is 14.4. The Hall–Kier alpha value is -2.60. The van der Waals surface area contributed by atoms with E-state index in [4.69, 9.17) is 14.0 Å². The van der Waals surface area contributed by atoms with E-state index in [9.17, 15) is 4.79 Å². The topological polar surface area (TPSA) is 64.8 Å². The van der Waals surface area contributed by atoms with Crippen molar-refractivity contribution in [3.05, 3.63) is 60.0 Å². The molecule has 2 unspecified atom stereocenters. The van der Waals surface area contributed by atoms with Gasteiger partial charge in [-0.3, -0.25) is 4.90 Å². The number of morpholine rings is 1. The number of hydrogen-bond donors (Lipinski definition) is 0. The van der Waals surface area contributed by atoms with Crippen molar-refractivity contribution in [2.45, 2.75) is 25.1 Å². The number of nitrogens with zero attached hydrogens (tertiary/aromatic N) is 2. The van der Waals surface area contributed by atoms with Gasteiger partial charge in [-0.15, -0.1) is 0 Å². The fourth-order valence-corrected chi connectivity index (χ4v) is 3.25. The molecule has 1 aromatic heterocycles. The van der Waals surface area contributed by atoms with Crippen molar-refractivity contribution in [2.24, 2.45) is 0 Å². The molecule has 124 valence electrons. The molecule has 0 saturated carbocycles. The smallest absolute Gasteiger partial charge is 0.411 e. The molecule has 0 N–H and O–H groups in total. The van der Waals surface area contributed by atoms with Gasteiger partial charge in [0.2, 0.25) is 0 Å². The Labute approximate surface area is 139 Å². The highest BCUT2D eigenvalue weighted by molar-refractivity contribution is 5.74. The van der Waals surface area contributed by atoms with E-state index in [0.29, 0.717) is 19.6 Å². The lowest BCUT2D eigenvalue weighted by Gasteiger charge is -2.43. The van der Waals surface area contributed by atoms with Gasteiger partial charge in [0.15, 0.2) is 0 Å². The Balaban J connectivity index is 1.48. The largest absolute Gasteiger partial charge is 0.445 e. The van der Waals surface area contributed by atoms with E-state index in [1.807, 2.05) is 36.4 Å². The SMILES string of the molecule is O=C(OCc1ccccc1)N1C2C=C(c3cnoc3)CC1COC2. The third-order valence-electron chi connectivity index (χ3n) is 4.42. The van der Waals surface area contributed by atoms with Crippen molar-refractivity contribution in [1.29, 1.82) is 0 Å². The van der Waals surface area contributed by atoms with Crippen LogP contribution in [0, 0.1) is 0 Å². The number of carbonyl (C=O) groups is 1. The maximum absolute atomic E-state index is 12.6. The van der Waals surface area contributed by atoms with E-state index >= 15 is 0 Å². The fraction of sp³-hybridized carbons (Fsp3) is 0.333. The first-order valence-electron chi connectivity index (χ1n) is 7.98. The van der Waals surface area contributed by atoms with Crippen molar-refractivity contribution in [1.82, 2.24) is 10.1 Å². The average molecular weight is 326 g/mol. The summed E-state index contributed by atoms with van der Waals surface area (Å²) in [5.41, 5.74) is 3.08. The second kappa shape index (κ2) is 6.49. The minimum absolute atomic E-state index is 0.0260. The second-order valence-corrected chi connectivity index (χ2v) is 6.02. The molecule has 24 heavy (non-hydrogen) atoms. The van der Waals surface area contributed by atoms with Gasteiger partial charge in [-0.2, -0.15) is 0 Å². The fourth-order valence-electron chi connectivity index (χ4n) is 3.25. The van der Waals surface area contributed by atoms with Crippen LogP contribution in [0.1, 0.15) is 17.5 Å². The number of aromatic nitrogens is 1. The Morgan fingerprint density at radius 2 is 2.17 bits per heavy atom. The zero-order valence-corrected chi connectivity index (χ0v) is 13.1. The van der Waals surface area contributed by atoms with Gasteiger partial charge in [0.05, 0.1) is 31.5 Å². The normalized spacial score (nSPS) is 22.8. The predicted molar refractivity (Wildman–Crippen MR) is 86.0 cm³/mol. The lowest BCUT2D eigenvalue weighted by molar-refractivity contribution is -0.0342. The number of hydrogen-bond acceptors (Lipinski definition) is 5. The van der Waals surface area contributed by atoms with Crippen LogP contribution in [0.25, 0.3) is 5.57 Å². The van der Waals surface area contributed by atoms with Crippen LogP contribution in [-0.4, -0.2) is 41.4 Å². The molecule has 2 aliphatic heterocycles. The van der Waals surface area contributed by atoms with Crippen LogP contribution < -0.4 is 0 Å². The molecule has 2 aliphatic rings. The lowest BCUT2D eigenvalue weighted by Crippen LogP contribution is -2.56. The Morgan fingerprint density at radius 1 is 1.29 bits per heavy atom. The quantitative estimate of drug-likeness (QED) is 0.868. The van der Waals surface area contributed by atoms with E-state index in [1.165, 1.54) is 0 Å². The van der Waals surface area contributed by atoms with Crippen LogP contribution >= 0.6 is 0 Å². The highest BCUT2D eigenvalue weighted by Gasteiger charge is 2.39. The van der Waals surface area contributed by atoms with E-state index < -0.39 is 0 Å². The van der Waals surface area contributed by atoms with Crippen LogP contribution in [-0.2, 0) is 16.1 Å². The summed E-state index contributed by atoms with van der Waals surface area (Å²) in [6.07, 6.45) is 5.79. The van der Waals surface area contributed by atoms with Crippen molar-refractivity contribution < 1.29 is 18.8 Å². The molecule has 0 radical (unpaired) electrons. The van der Waals surface area contributed by atoms with Gasteiger partial charge in [-0.05, 0) is 17.6 Å². The highest BCUT2D eigenvalue weighted by Crippen LogP contribution is 2.32. The number of ether oxygens (including phenoxy) is 2. The molecule has 3 heterocycles. The summed E-state index contributed by atoms with van der Waals surface area (Å²) >= 11 is 0. The molecule has 1 fully saturated rings. The van der Waals surface area contributed by atoms with E-state index in [1.54, 1.807) is 17.4 Å². The summed E-state index contributed by atoms with van der Waals surface area (Å²) in [5.74, 6) is 0. The number of rotatable bonds is 3. The maximum Gasteiger partial charge on any atom is 0.411 e. The first-order chi connectivity index (χ1) is 11.8. The van der Waals surface area contributed by atoms with Gasteiger partial charge in [0, 0.05) is 5.56 Å². The summed E-state index contributed by atoms with van der Waals surface area (Å²) in [7, 11) is 0. The minimum Gasteiger partial charge on any atom is -0.445 e. The highest BCUT2D eigenvalue weighted by atomic mass is 16.6. The van der Waals surface area contributed by atoms with E-state index in [-0.39, 0.29) is 24.8 Å². The molecule has 1 aromatic carbocycles. The zero-order chi connectivity index (χ0) is 16.4. The molecule has 6 heteroatoms. The molecule has 2 aromatic rings. The number of benzene rings is 1. The molecule has 0 spiro atoms. The van der Waals surface area contributed by atoms with Gasteiger partial charge >= 0.3 is 6.09 Å². The summed E-state index contributed by atoms with van der Waals surface area (Å²) < 4.78 is 16.0. The zero-order valence-electron chi connectivity index (χ0n) is 13.1. The van der Waals surface area contributed by atoms with Crippen LogP contribution in [0.2, 0.25) is 0 Å². The standard InChI is InChI=1S/C18H18N2O4/c21-18(23-9-13-4-2-1-3-5-13)20-16-6-14(15-8-19-24-10-15)7-17(20)12-22-11-16/h1-6,8,10,16-17H,7,9,11-12H2. The second-order valence-electron chi connectivity index (χ2n) is 6.02. The monoisotopic (exact) mass is 326 g/mol. The molecule has 6 nitrogen and oxygen atoms in total. The summed E-state index contributed by atoms with van der Waals surface area (Å²) in [5, 5.41) is 3.76. The first-order valence-corrected chi connectivity index (χ1v) is 7.98. The van der Waals surface area contributed by atoms with Crippen molar-refractivity contribution in [3.63, 3.8) is 0 Å². The average Bonchev–Trinajstić information content (AvgIpc) is 3.14. The molecule has 4 rings (SSSR count). The third-order valence-corrected chi connectivity index (χ3v) is 4.42. The van der Waals surface area contributed by atoms with Gasteiger partial charge in [0.1, 0.15) is 12.9 Å². The number of amides is 1. The predicted octanol–water partition coefficient (Wildman–Crippen LogP) is 2.87. The van der Waals surface area contributed by atoms with Gasteiger partial charge in [0.25, 0.3) is 0 Å². The van der Waals surface area contributed by atoms with Crippen LogP contribution in [0.4, 0.5) is 4.79 Å². The van der Waals surface area contributed by atoms with Crippen LogP contribution in [0.15, 0.2) is 53.4 Å². The van der Waals surface area contributed by atoms with E-state index in [0.717, 1.165) is 16.7 Å². The molecular formula is C18H18N2O4. The lowest BCUT2D eigenvalue weighted by atomic mass is 9.91. The van der Waals surface area contributed by atoms with Crippen molar-refractivity contribution in [3.8, 4) is 0 Å². The molecule has 1 amide bonds. The summed E-state index contributed by atoms with van der Waals surface area (Å²) in [6.45, 7) is 1.27. The number of fused-ring (bicyclic) bond motifs is 2. The minimum atomic E-state index is -0.294. The van der Waals surface area contributed by atoms with Gasteiger partial charge in [-0.1, -0.05) is 41.6 Å². The van der Waals surface area contributed by atoms with Crippen molar-refractivity contribution >= 4 is 11.7 Å². The molecule has 2 atom stereocenters. The maximum atomic E-state index is 12.6. The summed E-state index contributed by atoms with van der Waals surface area (Å²) in [6, 6.07) is 9.54. The first kappa shape index (κ1) is 15.0. The van der Waals surface area contributed by atoms with Gasteiger partial charge in [-0.25, -0.2) is 4.79 Å². The number of carbonyl (C=O) groups excluding carboxylic acids is 1. The van der Waals surface area contributed by atoms with Crippen LogP contribution in [0.5, 0.6) is 0 Å². The Kier molecular flexibility index (Phi) is 4.04. The molecule has 1 saturated heterocycles. The van der Waals surface area contributed by atoms with E-state index in [2.05, 4.69) is 5.16 Å². The van der Waals surface area contributed by atoms with Gasteiger partial charge < -0.3 is 14.0 Å². The Bertz CT molecular complexity index is 727. The third kappa shape index (κ3) is 2.92.